The zero-order valence-corrected chi connectivity index (χ0v) is 15.2. The van der Waals surface area contributed by atoms with Crippen LogP contribution in [0, 0.1) is 0 Å². The molecule has 0 bridgehead atoms. The van der Waals surface area contributed by atoms with Crippen LogP contribution in [0.1, 0.15) is 5.69 Å². The Morgan fingerprint density at radius 1 is 1.31 bits per heavy atom. The lowest BCUT2D eigenvalue weighted by atomic mass is 10.2. The van der Waals surface area contributed by atoms with Gasteiger partial charge in [0.1, 0.15) is 17.7 Å². The van der Waals surface area contributed by atoms with E-state index in [1.165, 1.54) is 6.26 Å². The maximum atomic E-state index is 11.9. The van der Waals surface area contributed by atoms with Crippen molar-refractivity contribution in [3.8, 4) is 11.4 Å². The summed E-state index contributed by atoms with van der Waals surface area (Å²) in [6.45, 7) is 2.73. The monoisotopic (exact) mass is 374 g/mol. The van der Waals surface area contributed by atoms with Crippen molar-refractivity contribution in [2.24, 2.45) is 0 Å². The van der Waals surface area contributed by atoms with E-state index in [0.29, 0.717) is 24.7 Å². The molecule has 1 unspecified atom stereocenters. The van der Waals surface area contributed by atoms with Crippen molar-refractivity contribution in [3.05, 3.63) is 36.3 Å². The van der Waals surface area contributed by atoms with Gasteiger partial charge in [-0.25, -0.2) is 15.0 Å². The molecule has 1 atom stereocenters. The fraction of sp³-hybridized carbons (Fsp3) is 0.353. The Hall–Kier alpha value is -2.36. The van der Waals surface area contributed by atoms with Crippen molar-refractivity contribution < 1.29 is 13.5 Å². The molecule has 4 rings (SSSR count). The van der Waals surface area contributed by atoms with Crippen LogP contribution in [-0.2, 0) is 24.9 Å². The molecule has 0 aromatic carbocycles. The summed E-state index contributed by atoms with van der Waals surface area (Å²) in [7, 11) is -2.95. The molecular formula is C17H20N5O3S+. The highest BCUT2D eigenvalue weighted by molar-refractivity contribution is 7.96. The fourth-order valence-corrected chi connectivity index (χ4v) is 3.67. The number of hydrogen-bond acceptors (Lipinski definition) is 6. The Bertz CT molecular complexity index is 977. The molecule has 0 saturated carbocycles. The fourth-order valence-electron chi connectivity index (χ4n) is 2.98. The maximum absolute atomic E-state index is 11.9. The molecule has 0 aliphatic carbocycles. The van der Waals surface area contributed by atoms with Crippen LogP contribution in [0.15, 0.2) is 30.6 Å². The van der Waals surface area contributed by atoms with Gasteiger partial charge in [-0.05, 0) is 12.1 Å². The minimum atomic E-state index is -2.95. The van der Waals surface area contributed by atoms with Crippen molar-refractivity contribution in [3.63, 3.8) is 0 Å². The van der Waals surface area contributed by atoms with Gasteiger partial charge in [0.15, 0.2) is 11.6 Å². The molecule has 1 fully saturated rings. The second-order valence-electron chi connectivity index (χ2n) is 6.38. The number of hydrogen-bond donors (Lipinski definition) is 2. The summed E-state index contributed by atoms with van der Waals surface area (Å²) in [5, 5.41) is 0.964. The van der Waals surface area contributed by atoms with Crippen LogP contribution in [0.3, 0.4) is 0 Å². The molecule has 4 heterocycles. The van der Waals surface area contributed by atoms with Crippen molar-refractivity contribution in [1.82, 2.24) is 19.9 Å². The first-order chi connectivity index (χ1) is 12.5. The smallest absolute Gasteiger partial charge is 0.217 e. The average molecular weight is 374 g/mol. The van der Waals surface area contributed by atoms with Gasteiger partial charge in [0.2, 0.25) is 10.2 Å². The third-order valence-corrected chi connectivity index (χ3v) is 5.01. The lowest BCUT2D eigenvalue weighted by Crippen LogP contribution is -2.37. The molecule has 26 heavy (non-hydrogen) atoms. The molecule has 1 saturated heterocycles. The predicted molar refractivity (Wildman–Crippen MR) is 100 cm³/mol. The quantitative estimate of drug-likeness (QED) is 0.673. The van der Waals surface area contributed by atoms with E-state index in [9.17, 15) is 8.76 Å². The van der Waals surface area contributed by atoms with Gasteiger partial charge in [-0.3, -0.25) is 0 Å². The summed E-state index contributed by atoms with van der Waals surface area (Å²) in [5.74, 6) is 1.23. The van der Waals surface area contributed by atoms with Crippen LogP contribution in [-0.4, -0.2) is 57.0 Å². The van der Waals surface area contributed by atoms with Gasteiger partial charge in [-0.1, -0.05) is 4.21 Å². The minimum Gasteiger partial charge on any atom is -0.378 e. The lowest BCUT2D eigenvalue weighted by molar-refractivity contribution is 0.122. The molecule has 0 radical (unpaired) electrons. The predicted octanol–water partition coefficient (Wildman–Crippen LogP) is 1.96. The standard InChI is InChI=1S/C17H19N5O3S/c1-26(23,24)11-14-9-15(22-4-6-25-7-5-22)21-17(20-14)13-8-12-2-3-18-16(12)19-10-13/h2-3,8-10H,4-7,11H2,1H3,(H-,18,19,23,24)/p+1. The highest BCUT2D eigenvalue weighted by atomic mass is 32.3. The van der Waals surface area contributed by atoms with Gasteiger partial charge < -0.3 is 14.6 Å². The van der Waals surface area contributed by atoms with Gasteiger partial charge in [0.25, 0.3) is 0 Å². The molecule has 136 valence electrons. The molecule has 9 heteroatoms. The first-order valence-corrected chi connectivity index (χ1v) is 10.4. The second-order valence-corrected chi connectivity index (χ2v) is 8.59. The average Bonchev–Trinajstić information content (AvgIpc) is 3.08. The number of H-pyrrole nitrogens is 1. The lowest BCUT2D eigenvalue weighted by Gasteiger charge is -2.28. The largest absolute Gasteiger partial charge is 0.378 e. The van der Waals surface area contributed by atoms with Gasteiger partial charge in [-0.15, -0.1) is 0 Å². The summed E-state index contributed by atoms with van der Waals surface area (Å²) in [6.07, 6.45) is 4.86. The first kappa shape index (κ1) is 17.1. The number of rotatable bonds is 4. The Morgan fingerprint density at radius 3 is 2.88 bits per heavy atom. The Morgan fingerprint density at radius 2 is 2.12 bits per heavy atom. The van der Waals surface area contributed by atoms with Crippen LogP contribution in [0.2, 0.25) is 0 Å². The highest BCUT2D eigenvalue weighted by Crippen LogP contribution is 2.24. The maximum Gasteiger partial charge on any atom is 0.217 e. The van der Waals surface area contributed by atoms with Crippen LogP contribution < -0.4 is 4.90 Å². The van der Waals surface area contributed by atoms with Crippen molar-refractivity contribution in [2.75, 3.05) is 37.5 Å². The van der Waals surface area contributed by atoms with E-state index in [4.69, 9.17) is 4.74 Å². The number of aromatic nitrogens is 4. The zero-order chi connectivity index (χ0) is 18.1. The summed E-state index contributed by atoms with van der Waals surface area (Å²) < 4.78 is 27.0. The first-order valence-electron chi connectivity index (χ1n) is 8.31. The van der Waals surface area contributed by atoms with Crippen molar-refractivity contribution >= 4 is 27.1 Å². The summed E-state index contributed by atoms with van der Waals surface area (Å²) in [6, 6.07) is 5.69. The van der Waals surface area contributed by atoms with Gasteiger partial charge in [0.05, 0.1) is 18.9 Å². The molecule has 0 spiro atoms. The number of morpholine rings is 1. The van der Waals surface area contributed by atoms with Crippen molar-refractivity contribution in [2.45, 2.75) is 5.75 Å². The molecule has 3 aromatic heterocycles. The SMILES string of the molecule is C[S+](=O)(O)Cc1cc(N2CCOCC2)nc(-c2cnc3[nH]ccc3c2)n1. The van der Waals surface area contributed by atoms with E-state index in [1.54, 1.807) is 12.3 Å². The van der Waals surface area contributed by atoms with Crippen LogP contribution in [0.25, 0.3) is 22.4 Å². The van der Waals surface area contributed by atoms with E-state index in [2.05, 4.69) is 24.8 Å². The van der Waals surface area contributed by atoms with Gasteiger partial charge in [0, 0.05) is 42.5 Å². The Balaban J connectivity index is 1.78. The molecule has 8 nitrogen and oxygen atoms in total. The number of nitrogens with zero attached hydrogens (tertiary/aromatic N) is 4. The summed E-state index contributed by atoms with van der Waals surface area (Å²) >= 11 is 0. The normalized spacial score (nSPS) is 17.4. The van der Waals surface area contributed by atoms with Crippen LogP contribution in [0.5, 0.6) is 0 Å². The minimum absolute atomic E-state index is 0.0142. The van der Waals surface area contributed by atoms with E-state index in [1.807, 2.05) is 18.3 Å². The molecule has 1 aliphatic rings. The van der Waals surface area contributed by atoms with E-state index < -0.39 is 10.2 Å². The summed E-state index contributed by atoms with van der Waals surface area (Å²) in [4.78, 5) is 18.8. The highest BCUT2D eigenvalue weighted by Gasteiger charge is 2.22. The Kier molecular flexibility index (Phi) is 4.43. The topological polar surface area (TPSA) is 104 Å². The van der Waals surface area contributed by atoms with Gasteiger partial charge in [-0.2, -0.15) is 4.55 Å². The summed E-state index contributed by atoms with van der Waals surface area (Å²) in [5.41, 5.74) is 2.11. The van der Waals surface area contributed by atoms with Crippen LogP contribution >= 0.6 is 0 Å². The molecular weight excluding hydrogens is 354 g/mol. The molecule has 3 aromatic rings. The van der Waals surface area contributed by atoms with E-state index in [-0.39, 0.29) is 5.75 Å². The number of aromatic amines is 1. The number of pyridine rings is 1. The van der Waals surface area contributed by atoms with Crippen molar-refractivity contribution in [1.29, 1.82) is 0 Å². The number of fused-ring (bicyclic) bond motifs is 1. The van der Waals surface area contributed by atoms with Crippen LogP contribution in [0.4, 0.5) is 5.82 Å². The van der Waals surface area contributed by atoms with Gasteiger partial charge >= 0.3 is 0 Å². The number of nitrogens with one attached hydrogen (secondary N) is 1. The number of ether oxygens (including phenoxy) is 1. The molecule has 0 amide bonds. The number of anilines is 1. The molecule has 2 N–H and O–H groups in total. The molecule has 1 aliphatic heterocycles. The van der Waals surface area contributed by atoms with E-state index in [0.717, 1.165) is 35.5 Å². The second kappa shape index (κ2) is 6.75. The zero-order valence-electron chi connectivity index (χ0n) is 14.4. The van der Waals surface area contributed by atoms with E-state index >= 15 is 0 Å². The Labute approximate surface area is 151 Å². The third kappa shape index (κ3) is 3.74. The third-order valence-electron chi connectivity index (χ3n) is 4.17.